The van der Waals surface area contributed by atoms with E-state index in [1.54, 1.807) is 7.11 Å². The van der Waals surface area contributed by atoms with Crippen molar-refractivity contribution >= 4 is 28.7 Å². The molecule has 2 aliphatic rings. The SMILES string of the molecule is CCc1cc(N/C2=N/C=C\CCC3C(c4ccc(OC)cc4)=CN=C23)ccc1C(=O)NCCOCCNCCO. The zero-order valence-electron chi connectivity index (χ0n) is 23.3. The average Bonchev–Trinajstić information content (AvgIpc) is 3.39. The highest BCUT2D eigenvalue weighted by atomic mass is 16.5. The van der Waals surface area contributed by atoms with Crippen LogP contribution >= 0.6 is 0 Å². The second-order valence-corrected chi connectivity index (χ2v) is 9.51. The van der Waals surface area contributed by atoms with E-state index in [1.807, 2.05) is 49.7 Å². The minimum atomic E-state index is -0.120. The molecule has 2 aromatic rings. The lowest BCUT2D eigenvalue weighted by molar-refractivity contribution is 0.0915. The number of carbonyl (C=O) groups excluding carboxylic acids is 1. The zero-order chi connectivity index (χ0) is 28.2. The molecule has 1 atom stereocenters. The molecule has 9 nitrogen and oxygen atoms in total. The van der Waals surface area contributed by atoms with Gasteiger partial charge < -0.3 is 30.5 Å². The van der Waals surface area contributed by atoms with Gasteiger partial charge in [0.25, 0.3) is 5.91 Å². The van der Waals surface area contributed by atoms with E-state index in [-0.39, 0.29) is 18.4 Å². The number of rotatable bonds is 13. The fourth-order valence-corrected chi connectivity index (χ4v) is 4.78. The topological polar surface area (TPSA) is 117 Å². The lowest BCUT2D eigenvalue weighted by Crippen LogP contribution is -2.30. The van der Waals surface area contributed by atoms with Gasteiger partial charge in [-0.2, -0.15) is 0 Å². The Morgan fingerprint density at radius 2 is 1.90 bits per heavy atom. The number of anilines is 1. The molecular weight excluding hydrogens is 506 g/mol. The van der Waals surface area contributed by atoms with Crippen molar-refractivity contribution in [3.05, 3.63) is 77.6 Å². The Morgan fingerprint density at radius 1 is 1.07 bits per heavy atom. The fraction of sp³-hybridized carbons (Fsp3) is 0.387. The van der Waals surface area contributed by atoms with Crippen LogP contribution in [0.1, 0.15) is 41.3 Å². The standard InChI is InChI=1S/C31H39N5O4/c1-3-22-20-24(9-12-26(22)31(38)34-16-19-40-18-15-32-14-17-37)36-30-29-27(6-4-5-13-33-30)28(21-35-29)23-7-10-25(39-2)11-8-23/h5,7-13,20-21,27,32,37H,3-4,6,14-19H2,1-2H3,(H,33,36)(H,34,38)/b13-5-. The van der Waals surface area contributed by atoms with Crippen LogP contribution in [-0.2, 0) is 11.2 Å². The number of allylic oxidation sites excluding steroid dienone is 2. The number of hydrogen-bond acceptors (Lipinski definition) is 8. The maximum absolute atomic E-state index is 12.9. The lowest BCUT2D eigenvalue weighted by Gasteiger charge is -2.21. The van der Waals surface area contributed by atoms with Crippen LogP contribution in [-0.4, -0.2) is 69.1 Å². The predicted octanol–water partition coefficient (Wildman–Crippen LogP) is 3.82. The summed E-state index contributed by atoms with van der Waals surface area (Å²) in [4.78, 5) is 22.4. The number of fused-ring (bicyclic) bond motifs is 1. The number of aliphatic imine (C=N–C) groups is 2. The smallest absolute Gasteiger partial charge is 0.251 e. The van der Waals surface area contributed by atoms with Gasteiger partial charge in [-0.15, -0.1) is 0 Å². The average molecular weight is 546 g/mol. The Morgan fingerprint density at radius 3 is 2.67 bits per heavy atom. The Labute approximate surface area is 236 Å². The van der Waals surface area contributed by atoms with Crippen LogP contribution in [0.15, 0.2) is 70.9 Å². The molecule has 9 heteroatoms. The van der Waals surface area contributed by atoms with Gasteiger partial charge in [0.15, 0.2) is 5.84 Å². The maximum Gasteiger partial charge on any atom is 0.251 e. The van der Waals surface area contributed by atoms with Crippen LogP contribution in [0.25, 0.3) is 5.57 Å². The Kier molecular flexibility index (Phi) is 11.0. The zero-order valence-corrected chi connectivity index (χ0v) is 23.3. The molecule has 2 aromatic carbocycles. The molecule has 212 valence electrons. The summed E-state index contributed by atoms with van der Waals surface area (Å²) in [5, 5.41) is 18.2. The number of hydrogen-bond donors (Lipinski definition) is 4. The molecule has 0 saturated carbocycles. The highest BCUT2D eigenvalue weighted by Gasteiger charge is 2.30. The molecule has 1 amide bonds. The molecule has 0 aliphatic carbocycles. The van der Waals surface area contributed by atoms with Crippen molar-refractivity contribution in [3.8, 4) is 5.75 Å². The second kappa shape index (κ2) is 15.1. The summed E-state index contributed by atoms with van der Waals surface area (Å²) in [6.07, 6.45) is 8.44. The molecule has 0 spiro atoms. The van der Waals surface area contributed by atoms with Crippen molar-refractivity contribution in [2.24, 2.45) is 15.9 Å². The van der Waals surface area contributed by atoms with E-state index in [2.05, 4.69) is 34.2 Å². The minimum Gasteiger partial charge on any atom is -0.497 e. The van der Waals surface area contributed by atoms with Gasteiger partial charge in [0.05, 0.1) is 32.6 Å². The Hall–Kier alpha value is -3.79. The molecular formula is C31H39N5O4. The summed E-state index contributed by atoms with van der Waals surface area (Å²) in [6, 6.07) is 13.9. The number of nitrogens with one attached hydrogen (secondary N) is 3. The number of aliphatic hydroxyl groups excluding tert-OH is 1. The Balaban J connectivity index is 1.39. The Bertz CT molecular complexity index is 1270. The van der Waals surface area contributed by atoms with E-state index >= 15 is 0 Å². The van der Waals surface area contributed by atoms with Crippen LogP contribution in [0.2, 0.25) is 0 Å². The molecule has 4 rings (SSSR count). The van der Waals surface area contributed by atoms with Gasteiger partial charge in [0.1, 0.15) is 5.75 Å². The van der Waals surface area contributed by atoms with E-state index < -0.39 is 0 Å². The van der Waals surface area contributed by atoms with Crippen LogP contribution < -0.4 is 20.7 Å². The summed E-state index contributed by atoms with van der Waals surface area (Å²) in [5.74, 6) is 1.55. The van der Waals surface area contributed by atoms with Gasteiger partial charge in [0, 0.05) is 49.2 Å². The summed E-state index contributed by atoms with van der Waals surface area (Å²) in [7, 11) is 1.67. The third kappa shape index (κ3) is 7.65. The molecule has 0 radical (unpaired) electrons. The number of nitrogens with zero attached hydrogens (tertiary/aromatic N) is 2. The van der Waals surface area contributed by atoms with Crippen molar-refractivity contribution in [1.82, 2.24) is 10.6 Å². The minimum absolute atomic E-state index is 0.104. The summed E-state index contributed by atoms with van der Waals surface area (Å²) >= 11 is 0. The molecule has 1 unspecified atom stereocenters. The number of benzene rings is 2. The van der Waals surface area contributed by atoms with E-state index in [0.717, 1.165) is 41.1 Å². The number of aliphatic hydroxyl groups is 1. The molecule has 2 heterocycles. The molecule has 0 saturated heterocycles. The first-order chi connectivity index (χ1) is 19.6. The van der Waals surface area contributed by atoms with E-state index in [0.29, 0.717) is 50.7 Å². The highest BCUT2D eigenvalue weighted by Crippen LogP contribution is 2.35. The monoisotopic (exact) mass is 545 g/mol. The van der Waals surface area contributed by atoms with Gasteiger partial charge in [-0.1, -0.05) is 25.1 Å². The molecule has 0 bridgehead atoms. The highest BCUT2D eigenvalue weighted by molar-refractivity contribution is 6.48. The number of carbonyl (C=O) groups is 1. The van der Waals surface area contributed by atoms with Gasteiger partial charge in [-0.25, -0.2) is 4.99 Å². The van der Waals surface area contributed by atoms with Crippen LogP contribution in [0, 0.1) is 5.92 Å². The number of ether oxygens (including phenoxy) is 2. The van der Waals surface area contributed by atoms with Crippen molar-refractivity contribution < 1.29 is 19.4 Å². The number of amidine groups is 1. The second-order valence-electron chi connectivity index (χ2n) is 9.51. The molecule has 2 aliphatic heterocycles. The van der Waals surface area contributed by atoms with Crippen molar-refractivity contribution in [2.45, 2.75) is 26.2 Å². The largest absolute Gasteiger partial charge is 0.497 e. The van der Waals surface area contributed by atoms with Gasteiger partial charge >= 0.3 is 0 Å². The third-order valence-electron chi connectivity index (χ3n) is 6.88. The number of methoxy groups -OCH3 is 1. The van der Waals surface area contributed by atoms with Crippen LogP contribution in [0.5, 0.6) is 5.75 Å². The normalized spacial score (nSPS) is 18.4. The first-order valence-electron chi connectivity index (χ1n) is 13.9. The number of amides is 1. The lowest BCUT2D eigenvalue weighted by atomic mass is 9.86. The number of aryl methyl sites for hydroxylation is 1. The van der Waals surface area contributed by atoms with Gasteiger partial charge in [-0.05, 0) is 66.3 Å². The van der Waals surface area contributed by atoms with Crippen LogP contribution in [0.3, 0.4) is 0 Å². The summed E-state index contributed by atoms with van der Waals surface area (Å²) in [5.41, 5.74) is 5.67. The molecule has 0 fully saturated rings. The molecule has 4 N–H and O–H groups in total. The quantitative estimate of drug-likeness (QED) is 0.285. The molecule has 40 heavy (non-hydrogen) atoms. The predicted molar refractivity (Wildman–Crippen MR) is 160 cm³/mol. The van der Waals surface area contributed by atoms with E-state index in [1.165, 1.54) is 5.57 Å². The fourth-order valence-electron chi connectivity index (χ4n) is 4.78. The maximum atomic E-state index is 12.9. The summed E-state index contributed by atoms with van der Waals surface area (Å²) < 4.78 is 10.8. The first-order valence-corrected chi connectivity index (χ1v) is 13.9. The third-order valence-corrected chi connectivity index (χ3v) is 6.88. The van der Waals surface area contributed by atoms with Gasteiger partial charge in [-0.3, -0.25) is 9.79 Å². The summed E-state index contributed by atoms with van der Waals surface area (Å²) in [6.45, 7) is 4.73. The van der Waals surface area contributed by atoms with Crippen LogP contribution in [0.4, 0.5) is 5.69 Å². The molecule has 0 aromatic heterocycles. The van der Waals surface area contributed by atoms with E-state index in [4.69, 9.17) is 24.6 Å². The van der Waals surface area contributed by atoms with E-state index in [9.17, 15) is 4.79 Å². The van der Waals surface area contributed by atoms with Crippen molar-refractivity contribution in [3.63, 3.8) is 0 Å². The van der Waals surface area contributed by atoms with Crippen molar-refractivity contribution in [1.29, 1.82) is 0 Å². The van der Waals surface area contributed by atoms with Crippen molar-refractivity contribution in [2.75, 3.05) is 51.9 Å². The van der Waals surface area contributed by atoms with Gasteiger partial charge in [0.2, 0.25) is 0 Å². The first kappa shape index (κ1) is 29.2.